The molecule has 0 radical (unpaired) electrons. The lowest BCUT2D eigenvalue weighted by Gasteiger charge is -2.37. The SMILES string of the molecule is CC(O)C1CCCCN1Cc1cccc(-n2cccn2)c1. The Bertz CT molecular complexity index is 565. The Balaban J connectivity index is 1.76. The van der Waals surface area contributed by atoms with Crippen molar-refractivity contribution in [1.82, 2.24) is 14.7 Å². The van der Waals surface area contributed by atoms with Crippen LogP contribution in [0.5, 0.6) is 0 Å². The van der Waals surface area contributed by atoms with Gasteiger partial charge in [-0.2, -0.15) is 5.10 Å². The van der Waals surface area contributed by atoms with Crippen molar-refractivity contribution in [1.29, 1.82) is 0 Å². The number of hydrogen-bond donors (Lipinski definition) is 1. The quantitative estimate of drug-likeness (QED) is 0.939. The van der Waals surface area contributed by atoms with E-state index in [0.717, 1.165) is 25.2 Å². The van der Waals surface area contributed by atoms with Crippen LogP contribution in [0.25, 0.3) is 5.69 Å². The minimum atomic E-state index is -0.264. The molecule has 112 valence electrons. The van der Waals surface area contributed by atoms with Crippen LogP contribution in [0.3, 0.4) is 0 Å². The molecule has 4 heteroatoms. The maximum absolute atomic E-state index is 9.97. The molecule has 21 heavy (non-hydrogen) atoms. The van der Waals surface area contributed by atoms with Gasteiger partial charge in [0.2, 0.25) is 0 Å². The molecule has 1 aliphatic rings. The van der Waals surface area contributed by atoms with Crippen molar-refractivity contribution in [2.75, 3.05) is 6.54 Å². The first-order chi connectivity index (χ1) is 10.2. The zero-order valence-corrected chi connectivity index (χ0v) is 12.5. The van der Waals surface area contributed by atoms with Gasteiger partial charge in [0.05, 0.1) is 11.8 Å². The van der Waals surface area contributed by atoms with Gasteiger partial charge in [-0.05, 0) is 50.1 Å². The smallest absolute Gasteiger partial charge is 0.0667 e. The molecule has 1 aromatic heterocycles. The minimum Gasteiger partial charge on any atom is -0.392 e. The molecule has 0 aliphatic carbocycles. The molecule has 0 saturated carbocycles. The molecular formula is C17H23N3O. The summed E-state index contributed by atoms with van der Waals surface area (Å²) in [6.07, 6.45) is 7.02. The third kappa shape index (κ3) is 3.34. The fourth-order valence-electron chi connectivity index (χ4n) is 3.21. The molecule has 1 fully saturated rings. The zero-order valence-electron chi connectivity index (χ0n) is 12.5. The highest BCUT2D eigenvalue weighted by Gasteiger charge is 2.26. The number of benzene rings is 1. The zero-order chi connectivity index (χ0) is 14.7. The third-order valence-corrected chi connectivity index (χ3v) is 4.29. The Kier molecular flexibility index (Phi) is 4.36. The van der Waals surface area contributed by atoms with Crippen molar-refractivity contribution < 1.29 is 5.11 Å². The Morgan fingerprint density at radius 2 is 2.24 bits per heavy atom. The summed E-state index contributed by atoms with van der Waals surface area (Å²) in [4.78, 5) is 2.41. The van der Waals surface area contributed by atoms with Crippen LogP contribution in [-0.2, 0) is 6.54 Å². The Morgan fingerprint density at radius 3 is 3.00 bits per heavy atom. The molecule has 0 bridgehead atoms. The van der Waals surface area contributed by atoms with Gasteiger partial charge in [0.25, 0.3) is 0 Å². The molecule has 1 aromatic carbocycles. The Morgan fingerprint density at radius 1 is 1.33 bits per heavy atom. The second kappa shape index (κ2) is 6.41. The highest BCUT2D eigenvalue weighted by molar-refractivity contribution is 5.35. The molecule has 2 aromatic rings. The maximum Gasteiger partial charge on any atom is 0.0667 e. The average Bonchev–Trinajstić information content (AvgIpc) is 3.02. The predicted octanol–water partition coefficient (Wildman–Crippen LogP) is 2.61. The predicted molar refractivity (Wildman–Crippen MR) is 83.3 cm³/mol. The van der Waals surface area contributed by atoms with Crippen molar-refractivity contribution >= 4 is 0 Å². The highest BCUT2D eigenvalue weighted by Crippen LogP contribution is 2.22. The summed E-state index contributed by atoms with van der Waals surface area (Å²) in [6, 6.07) is 10.7. The van der Waals surface area contributed by atoms with E-state index in [1.807, 2.05) is 23.9 Å². The van der Waals surface area contributed by atoms with Crippen LogP contribution in [0.1, 0.15) is 31.7 Å². The first-order valence-electron chi connectivity index (χ1n) is 7.75. The van der Waals surface area contributed by atoms with Gasteiger partial charge in [-0.25, -0.2) is 4.68 Å². The number of rotatable bonds is 4. The topological polar surface area (TPSA) is 41.3 Å². The summed E-state index contributed by atoms with van der Waals surface area (Å²) in [7, 11) is 0. The molecular weight excluding hydrogens is 262 g/mol. The second-order valence-electron chi connectivity index (χ2n) is 5.89. The number of nitrogens with zero attached hydrogens (tertiary/aromatic N) is 3. The van der Waals surface area contributed by atoms with E-state index >= 15 is 0 Å². The van der Waals surface area contributed by atoms with Gasteiger partial charge in [-0.15, -0.1) is 0 Å². The molecule has 0 amide bonds. The van der Waals surface area contributed by atoms with Crippen LogP contribution in [-0.4, -0.2) is 38.5 Å². The number of piperidine rings is 1. The highest BCUT2D eigenvalue weighted by atomic mass is 16.3. The number of aliphatic hydroxyl groups excluding tert-OH is 1. The molecule has 1 aliphatic heterocycles. The number of hydrogen-bond acceptors (Lipinski definition) is 3. The van der Waals surface area contributed by atoms with Crippen molar-refractivity contribution in [2.24, 2.45) is 0 Å². The van der Waals surface area contributed by atoms with E-state index in [1.165, 1.54) is 18.4 Å². The van der Waals surface area contributed by atoms with Gasteiger partial charge >= 0.3 is 0 Å². The first kappa shape index (κ1) is 14.3. The van der Waals surface area contributed by atoms with Gasteiger partial charge < -0.3 is 5.11 Å². The molecule has 1 N–H and O–H groups in total. The standard InChI is InChI=1S/C17H23N3O/c1-14(21)17-8-2-3-10-19(17)13-15-6-4-7-16(12-15)20-11-5-9-18-20/h4-7,9,11-12,14,17,21H,2-3,8,10,13H2,1H3. The lowest BCUT2D eigenvalue weighted by molar-refractivity contribution is 0.0317. The van der Waals surface area contributed by atoms with Crippen LogP contribution in [0, 0.1) is 0 Å². The van der Waals surface area contributed by atoms with E-state index < -0.39 is 0 Å². The number of likely N-dealkylation sites (tertiary alicyclic amines) is 1. The molecule has 2 atom stereocenters. The summed E-state index contributed by atoms with van der Waals surface area (Å²) in [5.74, 6) is 0. The van der Waals surface area contributed by atoms with Crippen LogP contribution in [0.2, 0.25) is 0 Å². The van der Waals surface area contributed by atoms with Gasteiger partial charge in [-0.1, -0.05) is 18.6 Å². The lowest BCUT2D eigenvalue weighted by atomic mass is 9.97. The summed E-state index contributed by atoms with van der Waals surface area (Å²) in [5, 5.41) is 14.3. The van der Waals surface area contributed by atoms with E-state index in [1.54, 1.807) is 6.20 Å². The molecule has 1 saturated heterocycles. The monoisotopic (exact) mass is 285 g/mol. The first-order valence-corrected chi connectivity index (χ1v) is 7.75. The lowest BCUT2D eigenvalue weighted by Crippen LogP contribution is -2.45. The fraction of sp³-hybridized carbons (Fsp3) is 0.471. The van der Waals surface area contributed by atoms with Crippen LogP contribution in [0.4, 0.5) is 0 Å². The maximum atomic E-state index is 9.97. The second-order valence-corrected chi connectivity index (χ2v) is 5.89. The van der Waals surface area contributed by atoms with Crippen molar-refractivity contribution in [3.63, 3.8) is 0 Å². The Hall–Kier alpha value is -1.65. The summed E-state index contributed by atoms with van der Waals surface area (Å²) >= 11 is 0. The summed E-state index contributed by atoms with van der Waals surface area (Å²) in [6.45, 7) is 3.87. The third-order valence-electron chi connectivity index (χ3n) is 4.29. The van der Waals surface area contributed by atoms with Gasteiger partial charge in [-0.3, -0.25) is 4.90 Å². The van der Waals surface area contributed by atoms with E-state index in [4.69, 9.17) is 0 Å². The largest absolute Gasteiger partial charge is 0.392 e. The van der Waals surface area contributed by atoms with E-state index in [-0.39, 0.29) is 12.1 Å². The van der Waals surface area contributed by atoms with E-state index in [0.29, 0.717) is 0 Å². The molecule has 2 heterocycles. The average molecular weight is 285 g/mol. The van der Waals surface area contributed by atoms with Crippen molar-refractivity contribution in [2.45, 2.75) is 44.9 Å². The van der Waals surface area contributed by atoms with E-state index in [9.17, 15) is 5.11 Å². The summed E-state index contributed by atoms with van der Waals surface area (Å²) < 4.78 is 1.88. The summed E-state index contributed by atoms with van der Waals surface area (Å²) in [5.41, 5.74) is 2.36. The van der Waals surface area contributed by atoms with Crippen LogP contribution in [0.15, 0.2) is 42.7 Å². The van der Waals surface area contributed by atoms with Crippen LogP contribution >= 0.6 is 0 Å². The number of aromatic nitrogens is 2. The normalized spacial score (nSPS) is 21.3. The van der Waals surface area contributed by atoms with E-state index in [2.05, 4.69) is 34.3 Å². The van der Waals surface area contributed by atoms with Gasteiger partial charge in [0.1, 0.15) is 0 Å². The Labute approximate surface area is 126 Å². The van der Waals surface area contributed by atoms with Crippen molar-refractivity contribution in [3.05, 3.63) is 48.3 Å². The molecule has 2 unspecified atom stereocenters. The molecule has 4 nitrogen and oxygen atoms in total. The fourth-order valence-corrected chi connectivity index (χ4v) is 3.21. The van der Waals surface area contributed by atoms with Crippen LogP contribution < -0.4 is 0 Å². The molecule has 3 rings (SSSR count). The van der Waals surface area contributed by atoms with Gasteiger partial charge in [0.15, 0.2) is 0 Å². The molecule has 0 spiro atoms. The van der Waals surface area contributed by atoms with Gasteiger partial charge in [0, 0.05) is 25.0 Å². The van der Waals surface area contributed by atoms with Crippen molar-refractivity contribution in [3.8, 4) is 5.69 Å². The number of aliphatic hydroxyl groups is 1. The minimum absolute atomic E-state index is 0.264.